The molecule has 2 N–H and O–H groups in total. The van der Waals surface area contributed by atoms with Crippen LogP contribution >= 0.6 is 0 Å². The number of hydrogen-bond donors (Lipinski definition) is 2. The van der Waals surface area contributed by atoms with Crippen LogP contribution < -0.4 is 10.6 Å². The second-order valence-electron chi connectivity index (χ2n) is 3.62. The zero-order valence-electron chi connectivity index (χ0n) is 10.7. The normalized spacial score (nSPS) is 10.8. The SMILES string of the molecule is CCN(CCCOCC(=O)NC)CCNC. The smallest absolute Gasteiger partial charge is 0.245 e. The van der Waals surface area contributed by atoms with E-state index >= 15 is 0 Å². The second-order valence-corrected chi connectivity index (χ2v) is 3.62. The van der Waals surface area contributed by atoms with Gasteiger partial charge in [-0.3, -0.25) is 4.79 Å². The van der Waals surface area contributed by atoms with Gasteiger partial charge in [0.2, 0.25) is 5.91 Å². The molecule has 0 aromatic heterocycles. The maximum absolute atomic E-state index is 10.9. The van der Waals surface area contributed by atoms with Crippen LogP contribution in [0.25, 0.3) is 0 Å². The van der Waals surface area contributed by atoms with Gasteiger partial charge >= 0.3 is 0 Å². The van der Waals surface area contributed by atoms with Crippen LogP contribution in [0.15, 0.2) is 0 Å². The minimum Gasteiger partial charge on any atom is -0.372 e. The first-order valence-electron chi connectivity index (χ1n) is 5.89. The van der Waals surface area contributed by atoms with Crippen LogP contribution in [-0.2, 0) is 9.53 Å². The van der Waals surface area contributed by atoms with Gasteiger partial charge in [0.25, 0.3) is 0 Å². The Morgan fingerprint density at radius 1 is 1.31 bits per heavy atom. The Kier molecular flexibility index (Phi) is 10.4. The summed E-state index contributed by atoms with van der Waals surface area (Å²) in [5.74, 6) is -0.0671. The molecular weight excluding hydrogens is 206 g/mol. The van der Waals surface area contributed by atoms with Gasteiger partial charge in [-0.2, -0.15) is 0 Å². The van der Waals surface area contributed by atoms with Crippen molar-refractivity contribution in [2.24, 2.45) is 0 Å². The first kappa shape index (κ1) is 15.3. The molecule has 1 amide bonds. The van der Waals surface area contributed by atoms with Crippen LogP contribution in [0.5, 0.6) is 0 Å². The van der Waals surface area contributed by atoms with E-state index in [4.69, 9.17) is 4.74 Å². The topological polar surface area (TPSA) is 53.6 Å². The van der Waals surface area contributed by atoms with Crippen molar-refractivity contribution in [3.05, 3.63) is 0 Å². The summed E-state index contributed by atoms with van der Waals surface area (Å²) in [4.78, 5) is 13.2. The highest BCUT2D eigenvalue weighted by Crippen LogP contribution is 1.91. The van der Waals surface area contributed by atoms with Crippen LogP contribution in [0, 0.1) is 0 Å². The highest BCUT2D eigenvalue weighted by molar-refractivity contribution is 5.76. The summed E-state index contributed by atoms with van der Waals surface area (Å²) < 4.78 is 5.23. The van der Waals surface area contributed by atoms with E-state index in [9.17, 15) is 4.79 Å². The summed E-state index contributed by atoms with van der Waals surface area (Å²) >= 11 is 0. The number of nitrogens with zero attached hydrogens (tertiary/aromatic N) is 1. The van der Waals surface area contributed by atoms with E-state index in [2.05, 4.69) is 22.5 Å². The number of carbonyl (C=O) groups excluding carboxylic acids is 1. The third-order valence-corrected chi connectivity index (χ3v) is 2.40. The highest BCUT2D eigenvalue weighted by atomic mass is 16.5. The lowest BCUT2D eigenvalue weighted by Crippen LogP contribution is -2.32. The lowest BCUT2D eigenvalue weighted by atomic mass is 10.4. The highest BCUT2D eigenvalue weighted by Gasteiger charge is 2.01. The molecule has 0 spiro atoms. The average Bonchev–Trinajstić information content (AvgIpc) is 2.32. The quantitative estimate of drug-likeness (QED) is 0.506. The Morgan fingerprint density at radius 3 is 2.62 bits per heavy atom. The van der Waals surface area contributed by atoms with Gasteiger partial charge in [-0.05, 0) is 20.0 Å². The summed E-state index contributed by atoms with van der Waals surface area (Å²) in [6.07, 6.45) is 0.967. The predicted molar refractivity (Wildman–Crippen MR) is 65.5 cm³/mol. The van der Waals surface area contributed by atoms with Crippen molar-refractivity contribution in [1.29, 1.82) is 0 Å². The maximum atomic E-state index is 10.9. The fourth-order valence-corrected chi connectivity index (χ4v) is 1.33. The Balaban J connectivity index is 3.37. The molecule has 0 radical (unpaired) electrons. The molecule has 0 aromatic carbocycles. The third-order valence-electron chi connectivity index (χ3n) is 2.40. The number of ether oxygens (including phenoxy) is 1. The molecule has 0 bridgehead atoms. The van der Waals surface area contributed by atoms with Crippen molar-refractivity contribution >= 4 is 5.91 Å². The van der Waals surface area contributed by atoms with Crippen molar-refractivity contribution in [3.63, 3.8) is 0 Å². The molecule has 0 aliphatic carbocycles. The number of amides is 1. The Hall–Kier alpha value is -0.650. The molecule has 0 unspecified atom stereocenters. The van der Waals surface area contributed by atoms with Gasteiger partial charge in [-0.15, -0.1) is 0 Å². The molecule has 96 valence electrons. The molecule has 0 aromatic rings. The number of nitrogens with one attached hydrogen (secondary N) is 2. The second kappa shape index (κ2) is 10.9. The van der Waals surface area contributed by atoms with Crippen LogP contribution in [0.2, 0.25) is 0 Å². The fourth-order valence-electron chi connectivity index (χ4n) is 1.33. The molecule has 0 saturated heterocycles. The van der Waals surface area contributed by atoms with Crippen molar-refractivity contribution in [1.82, 2.24) is 15.5 Å². The molecule has 0 aliphatic heterocycles. The standard InChI is InChI=1S/C11H25N3O2/c1-4-14(8-6-12-2)7-5-9-16-10-11(15)13-3/h12H,4-10H2,1-3H3,(H,13,15). The number of rotatable bonds is 10. The average molecular weight is 231 g/mol. The summed E-state index contributed by atoms with van der Waals surface area (Å²) in [7, 11) is 3.57. The minimum atomic E-state index is -0.0671. The Labute approximate surface area is 98.5 Å². The van der Waals surface area contributed by atoms with Crippen LogP contribution in [0.3, 0.4) is 0 Å². The van der Waals surface area contributed by atoms with E-state index in [1.165, 1.54) is 0 Å². The molecule has 0 fully saturated rings. The zero-order chi connectivity index (χ0) is 12.2. The molecule has 0 heterocycles. The predicted octanol–water partition coefficient (Wildman–Crippen LogP) is -0.320. The number of hydrogen-bond acceptors (Lipinski definition) is 4. The van der Waals surface area contributed by atoms with E-state index in [-0.39, 0.29) is 12.5 Å². The van der Waals surface area contributed by atoms with Gasteiger partial charge in [0.1, 0.15) is 6.61 Å². The largest absolute Gasteiger partial charge is 0.372 e. The lowest BCUT2D eigenvalue weighted by Gasteiger charge is -2.19. The van der Waals surface area contributed by atoms with Crippen LogP contribution in [-0.4, -0.2) is 64.3 Å². The van der Waals surface area contributed by atoms with Gasteiger partial charge in [0, 0.05) is 33.3 Å². The van der Waals surface area contributed by atoms with E-state index < -0.39 is 0 Å². The first-order chi connectivity index (χ1) is 7.74. The summed E-state index contributed by atoms with van der Waals surface area (Å²) in [5, 5.41) is 5.65. The van der Waals surface area contributed by atoms with Crippen molar-refractivity contribution in [2.45, 2.75) is 13.3 Å². The molecule has 0 atom stereocenters. The maximum Gasteiger partial charge on any atom is 0.245 e. The summed E-state index contributed by atoms with van der Waals surface area (Å²) in [5.41, 5.74) is 0. The molecular formula is C11H25N3O2. The van der Waals surface area contributed by atoms with E-state index in [1.54, 1.807) is 7.05 Å². The molecule has 0 aliphatic rings. The Morgan fingerprint density at radius 2 is 2.06 bits per heavy atom. The number of carbonyl (C=O) groups is 1. The van der Waals surface area contributed by atoms with E-state index in [0.717, 1.165) is 32.6 Å². The van der Waals surface area contributed by atoms with Crippen molar-refractivity contribution < 1.29 is 9.53 Å². The fraction of sp³-hybridized carbons (Fsp3) is 0.909. The van der Waals surface area contributed by atoms with Crippen molar-refractivity contribution in [3.8, 4) is 0 Å². The minimum absolute atomic E-state index is 0.0671. The van der Waals surface area contributed by atoms with Crippen LogP contribution in [0.4, 0.5) is 0 Å². The summed E-state index contributed by atoms with van der Waals surface area (Å²) in [6, 6.07) is 0. The summed E-state index contributed by atoms with van der Waals surface area (Å²) in [6.45, 7) is 7.10. The molecule has 16 heavy (non-hydrogen) atoms. The van der Waals surface area contributed by atoms with Crippen molar-refractivity contribution in [2.75, 3.05) is 53.5 Å². The molecule has 5 heteroatoms. The molecule has 5 nitrogen and oxygen atoms in total. The van der Waals surface area contributed by atoms with Gasteiger partial charge in [0.05, 0.1) is 0 Å². The lowest BCUT2D eigenvalue weighted by molar-refractivity contribution is -0.125. The third kappa shape index (κ3) is 8.64. The molecule has 0 rings (SSSR count). The van der Waals surface area contributed by atoms with Gasteiger partial charge in [-0.1, -0.05) is 6.92 Å². The zero-order valence-corrected chi connectivity index (χ0v) is 10.7. The van der Waals surface area contributed by atoms with E-state index in [0.29, 0.717) is 6.61 Å². The van der Waals surface area contributed by atoms with Crippen LogP contribution in [0.1, 0.15) is 13.3 Å². The first-order valence-corrected chi connectivity index (χ1v) is 5.89. The Bertz CT molecular complexity index is 177. The van der Waals surface area contributed by atoms with Gasteiger partial charge in [0.15, 0.2) is 0 Å². The van der Waals surface area contributed by atoms with E-state index in [1.807, 2.05) is 7.05 Å². The van der Waals surface area contributed by atoms with Gasteiger partial charge < -0.3 is 20.3 Å². The molecule has 0 saturated carbocycles. The number of likely N-dealkylation sites (N-methyl/N-ethyl adjacent to an activating group) is 3. The van der Waals surface area contributed by atoms with Gasteiger partial charge in [-0.25, -0.2) is 0 Å². The monoisotopic (exact) mass is 231 g/mol.